The van der Waals surface area contributed by atoms with Crippen molar-refractivity contribution in [2.45, 2.75) is 20.0 Å². The first kappa shape index (κ1) is 16.2. The molecule has 2 aromatic rings. The van der Waals surface area contributed by atoms with Gasteiger partial charge in [0.05, 0.1) is 0 Å². The molecule has 0 fully saturated rings. The van der Waals surface area contributed by atoms with Crippen LogP contribution in [0.3, 0.4) is 0 Å². The average Bonchev–Trinajstić information content (AvgIpc) is 2.89. The number of hydrogen-bond acceptors (Lipinski definition) is 6. The molecule has 0 spiro atoms. The lowest BCUT2D eigenvalue weighted by molar-refractivity contribution is -0.127. The minimum atomic E-state index is -1.20. The summed E-state index contributed by atoms with van der Waals surface area (Å²) in [5, 5.41) is 1.82. The first-order valence-electron chi connectivity index (χ1n) is 6.72. The Morgan fingerprint density at radius 1 is 1.26 bits per heavy atom. The summed E-state index contributed by atoms with van der Waals surface area (Å²) in [4.78, 5) is 38.3. The molecule has 120 valence electrons. The van der Waals surface area contributed by atoms with Gasteiger partial charge in [-0.25, -0.2) is 14.6 Å². The number of carbonyl (C=O) groups excluding carboxylic acids is 3. The van der Waals surface area contributed by atoms with Crippen LogP contribution in [-0.2, 0) is 9.53 Å². The number of aromatic nitrogens is 1. The predicted molar refractivity (Wildman–Crippen MR) is 79.3 cm³/mol. The quantitative estimate of drug-likeness (QED) is 0.821. The van der Waals surface area contributed by atoms with Gasteiger partial charge < -0.3 is 14.9 Å². The van der Waals surface area contributed by atoms with Crippen molar-refractivity contribution in [3.63, 3.8) is 0 Å². The first-order valence-corrected chi connectivity index (χ1v) is 6.72. The average molecular weight is 317 g/mol. The van der Waals surface area contributed by atoms with E-state index in [1.165, 1.54) is 6.92 Å². The lowest BCUT2D eigenvalue weighted by Gasteiger charge is -2.10. The normalized spacial score (nSPS) is 11.6. The largest absolute Gasteiger partial charge is 0.448 e. The van der Waals surface area contributed by atoms with Gasteiger partial charge in [0.2, 0.25) is 5.89 Å². The number of primary amides is 1. The molecule has 3 amide bonds. The molecule has 0 saturated carbocycles. The highest BCUT2D eigenvalue weighted by molar-refractivity contribution is 5.97. The number of ether oxygens (including phenoxy) is 1. The van der Waals surface area contributed by atoms with Crippen LogP contribution in [0.5, 0.6) is 0 Å². The minimum Gasteiger partial charge on any atom is -0.448 e. The van der Waals surface area contributed by atoms with Gasteiger partial charge in [-0.05, 0) is 26.0 Å². The number of nitrogens with zero attached hydrogens (tertiary/aromatic N) is 1. The van der Waals surface area contributed by atoms with Crippen molar-refractivity contribution >= 4 is 17.9 Å². The molecular formula is C15H15N3O5. The molecule has 0 bridgehead atoms. The Morgan fingerprint density at radius 3 is 2.52 bits per heavy atom. The maximum atomic E-state index is 12.1. The molecule has 23 heavy (non-hydrogen) atoms. The molecule has 3 N–H and O–H groups in total. The number of hydrogen-bond donors (Lipinski definition) is 2. The van der Waals surface area contributed by atoms with Crippen LogP contribution in [0, 0.1) is 6.92 Å². The number of nitrogens with one attached hydrogen (secondary N) is 1. The van der Waals surface area contributed by atoms with Gasteiger partial charge in [0.1, 0.15) is 5.76 Å². The summed E-state index contributed by atoms with van der Waals surface area (Å²) in [5.74, 6) is -1.13. The van der Waals surface area contributed by atoms with E-state index in [1.807, 2.05) is 23.5 Å². The minimum absolute atomic E-state index is 0.0393. The molecule has 0 radical (unpaired) electrons. The molecule has 1 aromatic carbocycles. The highest BCUT2D eigenvalue weighted by Crippen LogP contribution is 2.22. The van der Waals surface area contributed by atoms with E-state index in [0.717, 1.165) is 0 Å². The lowest BCUT2D eigenvalue weighted by Crippen LogP contribution is -2.42. The van der Waals surface area contributed by atoms with Crippen LogP contribution in [-0.4, -0.2) is 29.0 Å². The Balaban J connectivity index is 2.13. The van der Waals surface area contributed by atoms with Gasteiger partial charge in [-0.1, -0.05) is 18.2 Å². The molecule has 0 aliphatic heterocycles. The standard InChI is InChI=1S/C15H15N3O5/c1-8-11(14(20)23-9(2)12(19)18-15(16)21)17-13(22-8)10-6-4-3-5-7-10/h3-7,9H,1-2H3,(H3,16,18,19,21)/t9-/m0/s1. The Hall–Kier alpha value is -3.16. The van der Waals surface area contributed by atoms with Crippen LogP contribution < -0.4 is 11.1 Å². The first-order chi connectivity index (χ1) is 10.9. The molecule has 2 rings (SSSR count). The Labute approximate surface area is 131 Å². The summed E-state index contributed by atoms with van der Waals surface area (Å²) in [5.41, 5.74) is 5.49. The van der Waals surface area contributed by atoms with E-state index >= 15 is 0 Å². The Morgan fingerprint density at radius 2 is 1.91 bits per heavy atom. The van der Waals surface area contributed by atoms with Crippen LogP contribution >= 0.6 is 0 Å². The third-order valence-corrected chi connectivity index (χ3v) is 2.91. The summed E-state index contributed by atoms with van der Waals surface area (Å²) in [6.45, 7) is 2.87. The van der Waals surface area contributed by atoms with Crippen molar-refractivity contribution < 1.29 is 23.5 Å². The van der Waals surface area contributed by atoms with Gasteiger partial charge in [-0.3, -0.25) is 10.1 Å². The topological polar surface area (TPSA) is 125 Å². The second-order valence-electron chi connectivity index (χ2n) is 4.69. The maximum Gasteiger partial charge on any atom is 0.361 e. The van der Waals surface area contributed by atoms with Crippen molar-refractivity contribution in [3.05, 3.63) is 41.8 Å². The number of esters is 1. The number of amides is 3. The summed E-state index contributed by atoms with van der Waals surface area (Å²) < 4.78 is 10.4. The van der Waals surface area contributed by atoms with Gasteiger partial charge in [-0.15, -0.1) is 0 Å². The van der Waals surface area contributed by atoms with Crippen LogP contribution in [0.25, 0.3) is 11.5 Å². The third-order valence-electron chi connectivity index (χ3n) is 2.91. The summed E-state index contributed by atoms with van der Waals surface area (Å²) in [6.07, 6.45) is -1.20. The van der Waals surface area contributed by atoms with Crippen molar-refractivity contribution in [1.29, 1.82) is 0 Å². The van der Waals surface area contributed by atoms with E-state index in [-0.39, 0.29) is 17.3 Å². The van der Waals surface area contributed by atoms with Crippen molar-refractivity contribution in [2.75, 3.05) is 0 Å². The van der Waals surface area contributed by atoms with Crippen molar-refractivity contribution in [3.8, 4) is 11.5 Å². The highest BCUT2D eigenvalue weighted by atomic mass is 16.5. The fraction of sp³-hybridized carbons (Fsp3) is 0.200. The molecule has 0 unspecified atom stereocenters. The fourth-order valence-corrected chi connectivity index (χ4v) is 1.78. The zero-order chi connectivity index (χ0) is 17.0. The second-order valence-corrected chi connectivity index (χ2v) is 4.69. The van der Waals surface area contributed by atoms with Gasteiger partial charge in [0, 0.05) is 5.56 Å². The molecule has 8 heteroatoms. The number of oxazole rings is 1. The molecule has 8 nitrogen and oxygen atoms in total. The molecule has 1 atom stereocenters. The zero-order valence-electron chi connectivity index (χ0n) is 12.5. The predicted octanol–water partition coefficient (Wildman–Crippen LogP) is 1.39. The van der Waals surface area contributed by atoms with Crippen LogP contribution in [0.2, 0.25) is 0 Å². The second kappa shape index (κ2) is 6.73. The molecule has 1 aromatic heterocycles. The Bertz CT molecular complexity index is 739. The van der Waals surface area contributed by atoms with Crippen molar-refractivity contribution in [1.82, 2.24) is 10.3 Å². The number of carbonyl (C=O) groups is 3. The van der Waals surface area contributed by atoms with Gasteiger partial charge in [0.25, 0.3) is 5.91 Å². The van der Waals surface area contributed by atoms with E-state index in [9.17, 15) is 14.4 Å². The smallest absolute Gasteiger partial charge is 0.361 e. The van der Waals surface area contributed by atoms with Crippen molar-refractivity contribution in [2.24, 2.45) is 5.73 Å². The van der Waals surface area contributed by atoms with Crippen LogP contribution in [0.15, 0.2) is 34.7 Å². The van der Waals surface area contributed by atoms with Crippen LogP contribution in [0.1, 0.15) is 23.2 Å². The van der Waals surface area contributed by atoms with E-state index in [2.05, 4.69) is 4.98 Å². The highest BCUT2D eigenvalue weighted by Gasteiger charge is 2.24. The lowest BCUT2D eigenvalue weighted by atomic mass is 10.2. The molecule has 0 aliphatic rings. The molecular weight excluding hydrogens is 302 g/mol. The molecule has 0 aliphatic carbocycles. The molecule has 0 saturated heterocycles. The summed E-state index contributed by atoms with van der Waals surface area (Å²) in [6, 6.07) is 7.99. The van der Waals surface area contributed by atoms with E-state index in [0.29, 0.717) is 5.56 Å². The Kier molecular flexibility index (Phi) is 4.75. The SMILES string of the molecule is Cc1oc(-c2ccccc2)nc1C(=O)O[C@@H](C)C(=O)NC(N)=O. The molecule has 1 heterocycles. The fourth-order valence-electron chi connectivity index (χ4n) is 1.78. The van der Waals surface area contributed by atoms with E-state index in [1.54, 1.807) is 19.1 Å². The zero-order valence-corrected chi connectivity index (χ0v) is 12.5. The van der Waals surface area contributed by atoms with Gasteiger partial charge >= 0.3 is 12.0 Å². The van der Waals surface area contributed by atoms with E-state index in [4.69, 9.17) is 14.9 Å². The summed E-state index contributed by atoms with van der Waals surface area (Å²) in [7, 11) is 0. The number of aryl methyl sites for hydroxylation is 1. The number of rotatable bonds is 4. The summed E-state index contributed by atoms with van der Waals surface area (Å²) >= 11 is 0. The number of imide groups is 1. The maximum absolute atomic E-state index is 12.1. The number of nitrogens with two attached hydrogens (primary N) is 1. The van der Waals surface area contributed by atoms with Gasteiger partial charge in [-0.2, -0.15) is 0 Å². The number of benzene rings is 1. The number of urea groups is 1. The van der Waals surface area contributed by atoms with E-state index < -0.39 is 24.0 Å². The monoisotopic (exact) mass is 317 g/mol. The third kappa shape index (κ3) is 3.94. The van der Waals surface area contributed by atoms with Gasteiger partial charge in [0.15, 0.2) is 11.8 Å². The van der Waals surface area contributed by atoms with Crippen LogP contribution in [0.4, 0.5) is 4.79 Å².